The molecule has 0 aliphatic carbocycles. The normalized spacial score (nSPS) is 11.1. The van der Waals surface area contributed by atoms with Crippen LogP contribution in [0, 0.1) is 0 Å². The first-order valence-electron chi connectivity index (χ1n) is 8.81. The van der Waals surface area contributed by atoms with Crippen molar-refractivity contribution in [2.45, 2.75) is 0 Å². The number of phenolic OH excluding ortho intramolecular Hbond substituents is 1. The number of carbonyl (C=O) groups is 1. The molecule has 130 valence electrons. The number of fused-ring (bicyclic) bond motifs is 1. The Bertz CT molecular complexity index is 1150. The highest BCUT2D eigenvalue weighted by atomic mass is 16.3. The van der Waals surface area contributed by atoms with Gasteiger partial charge in [0, 0.05) is 0 Å². The number of ketones is 1. The molecule has 27 heavy (non-hydrogen) atoms. The zero-order chi connectivity index (χ0) is 18.6. The van der Waals surface area contributed by atoms with Crippen LogP contribution in [0.5, 0.6) is 5.75 Å². The highest BCUT2D eigenvalue weighted by molar-refractivity contribution is 6.09. The van der Waals surface area contributed by atoms with Crippen LogP contribution >= 0.6 is 0 Å². The van der Waals surface area contributed by atoms with Crippen LogP contribution in [0.2, 0.25) is 0 Å². The van der Waals surface area contributed by atoms with E-state index in [1.807, 2.05) is 42.5 Å². The highest BCUT2D eigenvalue weighted by Gasteiger charge is 2.09. The smallest absolute Gasteiger partial charge is 0.189 e. The maximum absolute atomic E-state index is 12.5. The molecule has 0 amide bonds. The predicted octanol–water partition coefficient (Wildman–Crippen LogP) is 6.11. The Morgan fingerprint density at radius 1 is 0.704 bits per heavy atom. The van der Waals surface area contributed by atoms with Gasteiger partial charge in [0.15, 0.2) is 5.78 Å². The molecule has 0 bridgehead atoms. The van der Waals surface area contributed by atoms with Gasteiger partial charge < -0.3 is 5.11 Å². The van der Waals surface area contributed by atoms with Crippen molar-refractivity contribution in [1.82, 2.24) is 0 Å². The van der Waals surface area contributed by atoms with Gasteiger partial charge in [0.1, 0.15) is 5.75 Å². The van der Waals surface area contributed by atoms with Crippen LogP contribution in [0.4, 0.5) is 0 Å². The van der Waals surface area contributed by atoms with E-state index in [-0.39, 0.29) is 11.5 Å². The lowest BCUT2D eigenvalue weighted by atomic mass is 9.94. The van der Waals surface area contributed by atoms with Gasteiger partial charge in [-0.2, -0.15) is 0 Å². The van der Waals surface area contributed by atoms with E-state index < -0.39 is 0 Å². The van der Waals surface area contributed by atoms with E-state index in [4.69, 9.17) is 0 Å². The molecule has 1 N–H and O–H groups in total. The van der Waals surface area contributed by atoms with Crippen LogP contribution in [0.1, 0.15) is 15.9 Å². The maximum atomic E-state index is 12.5. The second-order valence-electron chi connectivity index (χ2n) is 6.33. The molecule has 0 atom stereocenters. The molecule has 0 aromatic heterocycles. The number of hydrogen-bond donors (Lipinski definition) is 1. The molecule has 4 rings (SSSR count). The molecule has 0 aliphatic rings. The Morgan fingerprint density at radius 2 is 1.37 bits per heavy atom. The summed E-state index contributed by atoms with van der Waals surface area (Å²) in [7, 11) is 0. The summed E-state index contributed by atoms with van der Waals surface area (Å²) >= 11 is 0. The van der Waals surface area contributed by atoms with E-state index in [1.165, 1.54) is 22.9 Å². The fourth-order valence-corrected chi connectivity index (χ4v) is 3.29. The molecule has 0 radical (unpaired) electrons. The topological polar surface area (TPSA) is 37.3 Å². The number of allylic oxidation sites excluding steroid dienone is 1. The molecule has 0 spiro atoms. The van der Waals surface area contributed by atoms with Gasteiger partial charge in [-0.25, -0.2) is 0 Å². The molecule has 4 aromatic carbocycles. The van der Waals surface area contributed by atoms with Crippen LogP contribution in [0.25, 0.3) is 28.0 Å². The Balaban J connectivity index is 1.76. The van der Waals surface area contributed by atoms with Crippen molar-refractivity contribution in [2.75, 3.05) is 0 Å². The minimum Gasteiger partial charge on any atom is -0.507 e. The summed E-state index contributed by atoms with van der Waals surface area (Å²) in [5, 5.41) is 12.2. The summed E-state index contributed by atoms with van der Waals surface area (Å²) in [5.41, 5.74) is 3.45. The summed E-state index contributed by atoms with van der Waals surface area (Å²) in [6, 6.07) is 29.1. The van der Waals surface area contributed by atoms with Crippen molar-refractivity contribution in [3.05, 3.63) is 108 Å². The van der Waals surface area contributed by atoms with Crippen LogP contribution < -0.4 is 0 Å². The van der Waals surface area contributed by atoms with E-state index in [2.05, 4.69) is 30.3 Å². The molecule has 0 saturated carbocycles. The number of phenols is 1. The Labute approximate surface area is 158 Å². The second-order valence-corrected chi connectivity index (χ2v) is 6.33. The van der Waals surface area contributed by atoms with Crippen molar-refractivity contribution < 1.29 is 9.90 Å². The van der Waals surface area contributed by atoms with Gasteiger partial charge in [-0.3, -0.25) is 4.79 Å². The summed E-state index contributed by atoms with van der Waals surface area (Å²) in [5.74, 6) is -0.227. The highest BCUT2D eigenvalue weighted by Crippen LogP contribution is 2.31. The van der Waals surface area contributed by atoms with E-state index in [0.29, 0.717) is 5.56 Å². The molecule has 0 fully saturated rings. The van der Waals surface area contributed by atoms with Gasteiger partial charge >= 0.3 is 0 Å². The predicted molar refractivity (Wildman–Crippen MR) is 111 cm³/mol. The third-order valence-corrected chi connectivity index (χ3v) is 4.62. The number of para-hydroxylation sites is 1. The summed E-state index contributed by atoms with van der Waals surface area (Å²) < 4.78 is 0. The second kappa shape index (κ2) is 7.30. The van der Waals surface area contributed by atoms with Crippen LogP contribution in [-0.2, 0) is 0 Å². The Hall–Kier alpha value is -3.65. The molecule has 0 aliphatic heterocycles. The molecular formula is C25H18O2. The zero-order valence-electron chi connectivity index (χ0n) is 14.7. The average Bonchev–Trinajstić information content (AvgIpc) is 2.72. The molecule has 4 aromatic rings. The zero-order valence-corrected chi connectivity index (χ0v) is 14.7. The Morgan fingerprint density at radius 3 is 2.26 bits per heavy atom. The lowest BCUT2D eigenvalue weighted by molar-refractivity contribution is 0.104. The van der Waals surface area contributed by atoms with E-state index in [0.717, 1.165) is 16.7 Å². The Kier molecular flexibility index (Phi) is 4.54. The molecule has 2 heteroatoms. The lowest BCUT2D eigenvalue weighted by Crippen LogP contribution is -1.94. The number of benzene rings is 4. The number of aromatic hydroxyl groups is 1. The van der Waals surface area contributed by atoms with Crippen molar-refractivity contribution in [1.29, 1.82) is 0 Å². The summed E-state index contributed by atoms with van der Waals surface area (Å²) in [6.07, 6.45) is 3.32. The fraction of sp³-hybridized carbons (Fsp3) is 0. The summed E-state index contributed by atoms with van der Waals surface area (Å²) in [6.45, 7) is 0. The lowest BCUT2D eigenvalue weighted by Gasteiger charge is -2.10. The number of rotatable bonds is 4. The van der Waals surface area contributed by atoms with E-state index in [1.54, 1.807) is 18.2 Å². The van der Waals surface area contributed by atoms with Gasteiger partial charge in [-0.05, 0) is 45.7 Å². The van der Waals surface area contributed by atoms with Gasteiger partial charge in [-0.15, -0.1) is 0 Å². The third-order valence-electron chi connectivity index (χ3n) is 4.62. The standard InChI is InChI=1S/C25H18O2/c26-24-15-6-5-13-23(24)25(27)17-16-19-9-2-4-12-21(19)22-14-7-10-18-8-1-3-11-20(18)22/h1-17,26H/b17-16+. The first-order chi connectivity index (χ1) is 13.2. The molecule has 0 unspecified atom stereocenters. The minimum absolute atomic E-state index is 0.00510. The molecule has 2 nitrogen and oxygen atoms in total. The monoisotopic (exact) mass is 350 g/mol. The van der Waals surface area contributed by atoms with Gasteiger partial charge in [0.25, 0.3) is 0 Å². The van der Waals surface area contributed by atoms with E-state index in [9.17, 15) is 9.90 Å². The first-order valence-corrected chi connectivity index (χ1v) is 8.81. The first kappa shape index (κ1) is 16.8. The van der Waals surface area contributed by atoms with Crippen LogP contribution in [-0.4, -0.2) is 10.9 Å². The quantitative estimate of drug-likeness (QED) is 0.356. The van der Waals surface area contributed by atoms with Crippen molar-refractivity contribution in [2.24, 2.45) is 0 Å². The molecular weight excluding hydrogens is 332 g/mol. The molecule has 0 heterocycles. The third kappa shape index (κ3) is 3.38. The average molecular weight is 350 g/mol. The van der Waals surface area contributed by atoms with Crippen molar-refractivity contribution >= 4 is 22.6 Å². The van der Waals surface area contributed by atoms with Gasteiger partial charge in [0.2, 0.25) is 0 Å². The van der Waals surface area contributed by atoms with Crippen molar-refractivity contribution in [3.8, 4) is 16.9 Å². The number of carbonyl (C=O) groups excluding carboxylic acids is 1. The number of hydrogen-bond acceptors (Lipinski definition) is 2. The van der Waals surface area contributed by atoms with Crippen LogP contribution in [0.3, 0.4) is 0 Å². The van der Waals surface area contributed by atoms with Gasteiger partial charge in [-0.1, -0.05) is 84.9 Å². The fourth-order valence-electron chi connectivity index (χ4n) is 3.29. The van der Waals surface area contributed by atoms with E-state index >= 15 is 0 Å². The largest absolute Gasteiger partial charge is 0.507 e. The summed E-state index contributed by atoms with van der Waals surface area (Å²) in [4.78, 5) is 12.5. The minimum atomic E-state index is -0.221. The SMILES string of the molecule is O=C(/C=C/c1ccccc1-c1cccc2ccccc12)c1ccccc1O. The van der Waals surface area contributed by atoms with Crippen molar-refractivity contribution in [3.63, 3.8) is 0 Å². The van der Waals surface area contributed by atoms with Gasteiger partial charge in [0.05, 0.1) is 5.56 Å². The maximum Gasteiger partial charge on any atom is 0.189 e. The van der Waals surface area contributed by atoms with Crippen LogP contribution in [0.15, 0.2) is 97.1 Å². The molecule has 0 saturated heterocycles.